The van der Waals surface area contributed by atoms with Gasteiger partial charge in [-0.05, 0) is 43.3 Å². The Balaban J connectivity index is 1.49. The molecule has 0 radical (unpaired) electrons. The first-order valence-corrected chi connectivity index (χ1v) is 11.1. The van der Waals surface area contributed by atoms with Crippen LogP contribution in [0.5, 0.6) is 11.5 Å². The fourth-order valence-corrected chi connectivity index (χ4v) is 3.65. The minimum atomic E-state index is -0.450. The molecule has 3 rings (SSSR count). The molecule has 0 aromatic heterocycles. The van der Waals surface area contributed by atoms with Crippen molar-refractivity contribution in [3.8, 4) is 11.5 Å². The summed E-state index contributed by atoms with van der Waals surface area (Å²) in [5.74, 6) is 0.907. The zero-order valence-corrected chi connectivity index (χ0v) is 18.8. The van der Waals surface area contributed by atoms with E-state index in [0.29, 0.717) is 21.9 Å². The SMILES string of the molecule is COc1cccc(NC(=O)CSc2ccccc2C(=O)OCCOc2ccc(C)cc2)c1. The largest absolute Gasteiger partial charge is 0.497 e. The molecule has 0 aliphatic heterocycles. The predicted octanol–water partition coefficient (Wildman–Crippen LogP) is 4.97. The zero-order chi connectivity index (χ0) is 22.8. The molecule has 3 aromatic carbocycles. The molecule has 0 unspecified atom stereocenters. The van der Waals surface area contributed by atoms with Gasteiger partial charge in [-0.25, -0.2) is 4.79 Å². The summed E-state index contributed by atoms with van der Waals surface area (Å²) in [5, 5.41) is 2.82. The number of carbonyl (C=O) groups excluding carboxylic acids is 2. The van der Waals surface area contributed by atoms with Gasteiger partial charge in [-0.15, -0.1) is 11.8 Å². The van der Waals surface area contributed by atoms with Gasteiger partial charge in [0.1, 0.15) is 24.7 Å². The number of esters is 1. The highest BCUT2D eigenvalue weighted by Crippen LogP contribution is 2.24. The summed E-state index contributed by atoms with van der Waals surface area (Å²) in [4.78, 5) is 25.5. The van der Waals surface area contributed by atoms with Crippen LogP contribution < -0.4 is 14.8 Å². The molecular formula is C25H25NO5S. The van der Waals surface area contributed by atoms with Crippen molar-refractivity contribution in [1.29, 1.82) is 0 Å². The molecular weight excluding hydrogens is 426 g/mol. The Labute approximate surface area is 191 Å². The molecule has 166 valence electrons. The lowest BCUT2D eigenvalue weighted by atomic mass is 10.2. The number of carbonyl (C=O) groups is 2. The lowest BCUT2D eigenvalue weighted by Gasteiger charge is -2.11. The Hall–Kier alpha value is -3.45. The molecule has 32 heavy (non-hydrogen) atoms. The van der Waals surface area contributed by atoms with Gasteiger partial charge in [0.05, 0.1) is 18.4 Å². The minimum absolute atomic E-state index is 0.127. The molecule has 0 fully saturated rings. The predicted molar refractivity (Wildman–Crippen MR) is 126 cm³/mol. The maximum atomic E-state index is 12.5. The smallest absolute Gasteiger partial charge is 0.339 e. The van der Waals surface area contributed by atoms with Gasteiger partial charge in [0.25, 0.3) is 0 Å². The normalized spacial score (nSPS) is 10.3. The van der Waals surface area contributed by atoms with Gasteiger partial charge in [0, 0.05) is 16.6 Å². The lowest BCUT2D eigenvalue weighted by molar-refractivity contribution is -0.113. The van der Waals surface area contributed by atoms with Crippen molar-refractivity contribution in [3.05, 3.63) is 83.9 Å². The number of benzene rings is 3. The van der Waals surface area contributed by atoms with Gasteiger partial charge in [0.2, 0.25) is 5.91 Å². The van der Waals surface area contributed by atoms with E-state index in [1.807, 2.05) is 37.3 Å². The van der Waals surface area contributed by atoms with E-state index in [2.05, 4.69) is 5.32 Å². The van der Waals surface area contributed by atoms with Crippen LogP contribution in [-0.4, -0.2) is 38.0 Å². The van der Waals surface area contributed by atoms with Crippen LogP contribution in [0.15, 0.2) is 77.7 Å². The molecule has 0 spiro atoms. The third kappa shape index (κ3) is 7.06. The van der Waals surface area contributed by atoms with Gasteiger partial charge < -0.3 is 19.5 Å². The van der Waals surface area contributed by atoms with E-state index in [1.165, 1.54) is 11.8 Å². The second-order valence-electron chi connectivity index (χ2n) is 6.86. The van der Waals surface area contributed by atoms with Crippen LogP contribution in [-0.2, 0) is 9.53 Å². The maximum absolute atomic E-state index is 12.5. The first kappa shape index (κ1) is 23.2. The average molecular weight is 452 g/mol. The Morgan fingerprint density at radius 2 is 1.69 bits per heavy atom. The van der Waals surface area contributed by atoms with E-state index < -0.39 is 5.97 Å². The molecule has 0 atom stereocenters. The van der Waals surface area contributed by atoms with Crippen molar-refractivity contribution >= 4 is 29.3 Å². The second-order valence-corrected chi connectivity index (χ2v) is 7.88. The topological polar surface area (TPSA) is 73.9 Å². The van der Waals surface area contributed by atoms with Crippen LogP contribution in [0.2, 0.25) is 0 Å². The number of thioether (sulfide) groups is 1. The number of rotatable bonds is 10. The van der Waals surface area contributed by atoms with Crippen molar-refractivity contribution in [1.82, 2.24) is 0 Å². The monoisotopic (exact) mass is 451 g/mol. The Morgan fingerprint density at radius 3 is 2.47 bits per heavy atom. The van der Waals surface area contributed by atoms with Crippen molar-refractivity contribution in [2.75, 3.05) is 31.4 Å². The minimum Gasteiger partial charge on any atom is -0.497 e. The van der Waals surface area contributed by atoms with Crippen LogP contribution in [0.3, 0.4) is 0 Å². The van der Waals surface area contributed by atoms with Crippen LogP contribution in [0, 0.1) is 6.92 Å². The van der Waals surface area contributed by atoms with E-state index in [4.69, 9.17) is 14.2 Å². The Bertz CT molecular complexity index is 1050. The van der Waals surface area contributed by atoms with Crippen molar-refractivity contribution in [2.45, 2.75) is 11.8 Å². The first-order chi connectivity index (χ1) is 15.5. The first-order valence-electron chi connectivity index (χ1n) is 10.1. The summed E-state index contributed by atoms with van der Waals surface area (Å²) < 4.78 is 16.1. The summed E-state index contributed by atoms with van der Waals surface area (Å²) in [6, 6.07) is 21.9. The van der Waals surface area contributed by atoms with Crippen molar-refractivity contribution < 1.29 is 23.8 Å². The van der Waals surface area contributed by atoms with Crippen LogP contribution >= 0.6 is 11.8 Å². The molecule has 0 saturated carbocycles. The van der Waals surface area contributed by atoms with Crippen LogP contribution in [0.4, 0.5) is 5.69 Å². The highest BCUT2D eigenvalue weighted by molar-refractivity contribution is 8.00. The molecule has 7 heteroatoms. The van der Waals surface area contributed by atoms with Gasteiger partial charge in [-0.1, -0.05) is 35.9 Å². The number of nitrogens with one attached hydrogen (secondary N) is 1. The summed E-state index contributed by atoms with van der Waals surface area (Å²) in [6.07, 6.45) is 0. The van der Waals surface area contributed by atoms with Gasteiger partial charge >= 0.3 is 5.97 Å². The molecule has 0 saturated heterocycles. The molecule has 6 nitrogen and oxygen atoms in total. The van der Waals surface area contributed by atoms with E-state index in [1.54, 1.807) is 49.6 Å². The van der Waals surface area contributed by atoms with Crippen molar-refractivity contribution in [2.24, 2.45) is 0 Å². The fraction of sp³-hybridized carbons (Fsp3) is 0.200. The number of hydrogen-bond acceptors (Lipinski definition) is 6. The third-order valence-electron chi connectivity index (χ3n) is 4.43. The number of methoxy groups -OCH3 is 1. The summed E-state index contributed by atoms with van der Waals surface area (Å²) in [7, 11) is 1.57. The van der Waals surface area contributed by atoms with Gasteiger partial charge in [0.15, 0.2) is 0 Å². The van der Waals surface area contributed by atoms with E-state index in [-0.39, 0.29) is 24.9 Å². The highest BCUT2D eigenvalue weighted by atomic mass is 32.2. The van der Waals surface area contributed by atoms with E-state index >= 15 is 0 Å². The number of anilines is 1. The third-order valence-corrected chi connectivity index (χ3v) is 5.50. The fourth-order valence-electron chi connectivity index (χ4n) is 2.81. The average Bonchev–Trinajstić information content (AvgIpc) is 2.82. The van der Waals surface area contributed by atoms with Crippen LogP contribution in [0.1, 0.15) is 15.9 Å². The molecule has 3 aromatic rings. The molecule has 1 N–H and O–H groups in total. The summed E-state index contributed by atoms with van der Waals surface area (Å²) >= 11 is 1.27. The maximum Gasteiger partial charge on any atom is 0.339 e. The van der Waals surface area contributed by atoms with E-state index in [0.717, 1.165) is 11.3 Å². The number of hydrogen-bond donors (Lipinski definition) is 1. The quantitative estimate of drug-likeness (QED) is 0.267. The van der Waals surface area contributed by atoms with E-state index in [9.17, 15) is 9.59 Å². The zero-order valence-electron chi connectivity index (χ0n) is 18.0. The molecule has 0 heterocycles. The summed E-state index contributed by atoms with van der Waals surface area (Å²) in [6.45, 7) is 2.39. The Morgan fingerprint density at radius 1 is 0.906 bits per heavy atom. The summed E-state index contributed by atoms with van der Waals surface area (Å²) in [5.41, 5.74) is 2.22. The molecule has 0 bridgehead atoms. The van der Waals surface area contributed by atoms with Gasteiger partial charge in [-0.3, -0.25) is 4.79 Å². The highest BCUT2D eigenvalue weighted by Gasteiger charge is 2.14. The molecule has 0 aliphatic rings. The van der Waals surface area contributed by atoms with Crippen LogP contribution in [0.25, 0.3) is 0 Å². The second kappa shape index (κ2) is 11.8. The number of amides is 1. The lowest BCUT2D eigenvalue weighted by Crippen LogP contribution is -2.15. The standard InChI is InChI=1S/C25H25NO5S/c1-18-10-12-20(13-11-18)30-14-15-31-25(28)22-8-3-4-9-23(22)32-17-24(27)26-19-6-5-7-21(16-19)29-2/h3-13,16H,14-15,17H2,1-2H3,(H,26,27). The number of ether oxygens (including phenoxy) is 3. The van der Waals surface area contributed by atoms with Crippen molar-refractivity contribution in [3.63, 3.8) is 0 Å². The molecule has 0 aliphatic carbocycles. The van der Waals surface area contributed by atoms with Gasteiger partial charge in [-0.2, -0.15) is 0 Å². The Kier molecular flexibility index (Phi) is 8.57. The number of aryl methyl sites for hydroxylation is 1. The molecule has 1 amide bonds.